The Morgan fingerprint density at radius 2 is 2.46 bits per heavy atom. The average Bonchev–Trinajstić information content (AvgIpc) is 2.65. The molecule has 1 N–H and O–H groups in total. The van der Waals surface area contributed by atoms with E-state index in [0.29, 0.717) is 9.88 Å². The lowest BCUT2D eigenvalue weighted by molar-refractivity contribution is 0.536. The molecule has 0 unspecified atom stereocenters. The highest BCUT2D eigenvalue weighted by Crippen LogP contribution is 2.47. The normalized spacial score (nSPS) is 18.6. The van der Waals surface area contributed by atoms with E-state index in [1.807, 2.05) is 5.38 Å². The first kappa shape index (κ1) is 9.28. The van der Waals surface area contributed by atoms with Crippen molar-refractivity contribution in [3.8, 4) is 0 Å². The summed E-state index contributed by atoms with van der Waals surface area (Å²) in [7, 11) is 0. The monoisotopic (exact) mass is 216 g/mol. The molecule has 0 saturated heterocycles. The number of thiazole rings is 1. The molecule has 1 aromatic heterocycles. The van der Waals surface area contributed by atoms with Crippen LogP contribution in [-0.2, 0) is 0 Å². The molecule has 1 heterocycles. The van der Waals surface area contributed by atoms with Crippen molar-refractivity contribution in [2.24, 2.45) is 5.41 Å². The molecule has 4 heteroatoms. The van der Waals surface area contributed by atoms with E-state index < -0.39 is 0 Å². The zero-order chi connectivity index (χ0) is 9.31. The smallest absolute Gasteiger partial charge is 0.185 e. The SMILES string of the molecule is CC1(CCNc2csc(Cl)n2)CC1. The third-order valence-electron chi connectivity index (χ3n) is 2.61. The van der Waals surface area contributed by atoms with Crippen LogP contribution in [0.4, 0.5) is 5.82 Å². The van der Waals surface area contributed by atoms with Crippen molar-refractivity contribution in [3.05, 3.63) is 9.85 Å². The molecule has 2 nitrogen and oxygen atoms in total. The Bertz CT molecular complexity index is 294. The summed E-state index contributed by atoms with van der Waals surface area (Å²) in [4.78, 5) is 4.12. The molecule has 0 radical (unpaired) electrons. The van der Waals surface area contributed by atoms with Gasteiger partial charge in [0, 0.05) is 11.9 Å². The Hall–Kier alpha value is -0.280. The van der Waals surface area contributed by atoms with E-state index in [1.165, 1.54) is 30.6 Å². The number of rotatable bonds is 4. The van der Waals surface area contributed by atoms with Crippen molar-refractivity contribution in [2.45, 2.75) is 26.2 Å². The Morgan fingerprint density at radius 1 is 1.69 bits per heavy atom. The van der Waals surface area contributed by atoms with E-state index in [4.69, 9.17) is 11.6 Å². The lowest BCUT2D eigenvalue weighted by atomic mass is 10.1. The Balaban J connectivity index is 1.73. The maximum absolute atomic E-state index is 5.71. The molecule has 1 aromatic rings. The second-order valence-electron chi connectivity index (χ2n) is 3.97. The number of anilines is 1. The van der Waals surface area contributed by atoms with Crippen LogP contribution >= 0.6 is 22.9 Å². The summed E-state index contributed by atoms with van der Waals surface area (Å²) in [5, 5.41) is 5.23. The predicted molar refractivity (Wildman–Crippen MR) is 57.6 cm³/mol. The van der Waals surface area contributed by atoms with Crippen LogP contribution in [0.5, 0.6) is 0 Å². The molecule has 1 fully saturated rings. The van der Waals surface area contributed by atoms with Gasteiger partial charge in [-0.3, -0.25) is 0 Å². The predicted octanol–water partition coefficient (Wildman–Crippen LogP) is 3.40. The summed E-state index contributed by atoms with van der Waals surface area (Å²) in [5.41, 5.74) is 0.618. The van der Waals surface area contributed by atoms with Crippen LogP contribution in [0.15, 0.2) is 5.38 Å². The van der Waals surface area contributed by atoms with Gasteiger partial charge in [-0.05, 0) is 24.7 Å². The summed E-state index contributed by atoms with van der Waals surface area (Å²) >= 11 is 7.18. The standard InChI is InChI=1S/C9H13ClN2S/c1-9(2-3-9)4-5-11-7-6-13-8(10)12-7/h6,11H,2-5H2,1H3. The van der Waals surface area contributed by atoms with Gasteiger partial charge in [-0.1, -0.05) is 18.5 Å². The number of nitrogens with one attached hydrogen (secondary N) is 1. The van der Waals surface area contributed by atoms with Gasteiger partial charge in [0.15, 0.2) is 4.47 Å². The van der Waals surface area contributed by atoms with Gasteiger partial charge in [-0.2, -0.15) is 0 Å². The fourth-order valence-corrected chi connectivity index (χ4v) is 2.01. The van der Waals surface area contributed by atoms with Gasteiger partial charge in [-0.15, -0.1) is 11.3 Å². The topological polar surface area (TPSA) is 24.9 Å². The molecule has 72 valence electrons. The lowest BCUT2D eigenvalue weighted by Gasteiger charge is -2.07. The maximum atomic E-state index is 5.71. The minimum Gasteiger partial charge on any atom is -0.369 e. The largest absolute Gasteiger partial charge is 0.369 e. The molecule has 0 aliphatic heterocycles. The van der Waals surface area contributed by atoms with Crippen LogP contribution in [0.2, 0.25) is 4.47 Å². The molecule has 0 bridgehead atoms. The third-order valence-corrected chi connectivity index (χ3v) is 3.59. The number of nitrogens with zero attached hydrogens (tertiary/aromatic N) is 1. The zero-order valence-electron chi connectivity index (χ0n) is 7.64. The number of hydrogen-bond acceptors (Lipinski definition) is 3. The molecule has 0 aromatic carbocycles. The van der Waals surface area contributed by atoms with Gasteiger partial charge < -0.3 is 5.32 Å². The van der Waals surface area contributed by atoms with Gasteiger partial charge >= 0.3 is 0 Å². The first-order valence-electron chi connectivity index (χ1n) is 4.53. The zero-order valence-corrected chi connectivity index (χ0v) is 9.21. The first-order chi connectivity index (χ1) is 6.18. The van der Waals surface area contributed by atoms with Crippen LogP contribution in [0.1, 0.15) is 26.2 Å². The van der Waals surface area contributed by atoms with E-state index >= 15 is 0 Å². The average molecular weight is 217 g/mol. The number of halogens is 1. The number of aromatic nitrogens is 1. The van der Waals surface area contributed by atoms with Gasteiger partial charge in [-0.25, -0.2) is 4.98 Å². The molecular formula is C9H13ClN2S. The summed E-state index contributed by atoms with van der Waals surface area (Å²) in [6.07, 6.45) is 4.00. The second-order valence-corrected chi connectivity index (χ2v) is 5.41. The van der Waals surface area contributed by atoms with Crippen LogP contribution in [0.25, 0.3) is 0 Å². The summed E-state index contributed by atoms with van der Waals surface area (Å²) in [6.45, 7) is 3.35. The molecule has 0 amide bonds. The van der Waals surface area contributed by atoms with E-state index in [0.717, 1.165) is 12.4 Å². The van der Waals surface area contributed by atoms with Gasteiger partial charge in [0.25, 0.3) is 0 Å². The molecule has 1 aliphatic rings. The summed E-state index contributed by atoms with van der Waals surface area (Å²) in [6, 6.07) is 0. The van der Waals surface area contributed by atoms with Crippen LogP contribution in [0.3, 0.4) is 0 Å². The highest BCUT2D eigenvalue weighted by molar-refractivity contribution is 7.14. The van der Waals surface area contributed by atoms with Crippen molar-refractivity contribution < 1.29 is 0 Å². The van der Waals surface area contributed by atoms with E-state index in [2.05, 4.69) is 17.2 Å². The Morgan fingerprint density at radius 3 is 3.00 bits per heavy atom. The van der Waals surface area contributed by atoms with Crippen molar-refractivity contribution in [3.63, 3.8) is 0 Å². The lowest BCUT2D eigenvalue weighted by Crippen LogP contribution is -2.06. The van der Waals surface area contributed by atoms with E-state index in [-0.39, 0.29) is 0 Å². The van der Waals surface area contributed by atoms with Crippen LogP contribution < -0.4 is 5.32 Å². The van der Waals surface area contributed by atoms with Crippen LogP contribution in [-0.4, -0.2) is 11.5 Å². The van der Waals surface area contributed by atoms with Crippen molar-refractivity contribution >= 4 is 28.8 Å². The maximum Gasteiger partial charge on any atom is 0.185 e. The van der Waals surface area contributed by atoms with Crippen molar-refractivity contribution in [1.29, 1.82) is 0 Å². The summed E-state index contributed by atoms with van der Waals surface area (Å²) < 4.78 is 0.611. The second kappa shape index (κ2) is 3.46. The van der Waals surface area contributed by atoms with Gasteiger partial charge in [0.05, 0.1) is 0 Å². The van der Waals surface area contributed by atoms with Crippen molar-refractivity contribution in [2.75, 3.05) is 11.9 Å². The van der Waals surface area contributed by atoms with Gasteiger partial charge in [0.2, 0.25) is 0 Å². The molecule has 1 aliphatic carbocycles. The quantitative estimate of drug-likeness (QED) is 0.835. The molecule has 0 spiro atoms. The highest BCUT2D eigenvalue weighted by Gasteiger charge is 2.36. The minimum atomic E-state index is 0.611. The van der Waals surface area contributed by atoms with E-state index in [1.54, 1.807) is 0 Å². The molecular weight excluding hydrogens is 204 g/mol. The molecule has 0 atom stereocenters. The molecule has 13 heavy (non-hydrogen) atoms. The summed E-state index contributed by atoms with van der Waals surface area (Å²) in [5.74, 6) is 0.916. The highest BCUT2D eigenvalue weighted by atomic mass is 35.5. The van der Waals surface area contributed by atoms with Gasteiger partial charge in [0.1, 0.15) is 5.82 Å². The first-order valence-corrected chi connectivity index (χ1v) is 5.79. The Kier molecular flexibility index (Phi) is 2.47. The van der Waals surface area contributed by atoms with Crippen LogP contribution in [0, 0.1) is 5.41 Å². The molecule has 1 saturated carbocycles. The van der Waals surface area contributed by atoms with Crippen molar-refractivity contribution in [1.82, 2.24) is 4.98 Å². The fraction of sp³-hybridized carbons (Fsp3) is 0.667. The van der Waals surface area contributed by atoms with E-state index in [9.17, 15) is 0 Å². The fourth-order valence-electron chi connectivity index (χ4n) is 1.29. The minimum absolute atomic E-state index is 0.611. The third kappa shape index (κ3) is 2.58. The Labute approximate surface area is 87.3 Å². The molecule has 2 rings (SSSR count). The number of hydrogen-bond donors (Lipinski definition) is 1.